The first-order valence-corrected chi connectivity index (χ1v) is 25.2. The number of nitrogens with zero attached hydrogens (tertiary/aromatic N) is 6. The van der Waals surface area contributed by atoms with Crippen molar-refractivity contribution in [3.63, 3.8) is 0 Å². The molecule has 0 spiro atoms. The van der Waals surface area contributed by atoms with Crippen molar-refractivity contribution in [2.75, 3.05) is 46.4 Å². The van der Waals surface area contributed by atoms with Crippen LogP contribution in [0.2, 0.25) is 5.02 Å². The van der Waals surface area contributed by atoms with Crippen molar-refractivity contribution in [1.82, 2.24) is 35.0 Å². The Labute approximate surface area is 434 Å². The van der Waals surface area contributed by atoms with E-state index in [-0.39, 0.29) is 42.7 Å². The van der Waals surface area contributed by atoms with Crippen molar-refractivity contribution in [1.29, 1.82) is 0 Å². The summed E-state index contributed by atoms with van der Waals surface area (Å²) in [6, 6.07) is 21.2. The van der Waals surface area contributed by atoms with Gasteiger partial charge in [0, 0.05) is 57.0 Å². The molecular weight excluding hydrogens is 1000 g/mol. The van der Waals surface area contributed by atoms with E-state index in [1.54, 1.807) is 30.3 Å². The van der Waals surface area contributed by atoms with Crippen LogP contribution < -0.4 is 25.2 Å². The van der Waals surface area contributed by atoms with Gasteiger partial charge in [-0.15, -0.1) is 11.3 Å². The number of likely N-dealkylation sites (N-methyl/N-ethyl adjacent to an activating group) is 1. The summed E-state index contributed by atoms with van der Waals surface area (Å²) in [7, 11) is 1.54. The zero-order valence-electron chi connectivity index (χ0n) is 41.6. The number of furan rings is 1. The van der Waals surface area contributed by atoms with Crippen LogP contribution in [-0.4, -0.2) is 112 Å². The summed E-state index contributed by atoms with van der Waals surface area (Å²) >= 11 is 8.30. The average molecular weight is 1060 g/mol. The van der Waals surface area contributed by atoms with Crippen LogP contribution in [0, 0.1) is 12.9 Å². The number of hydrogen-bond acceptors (Lipinski definition) is 14. The average Bonchev–Trinajstić information content (AvgIpc) is 4.14. The van der Waals surface area contributed by atoms with E-state index in [2.05, 4.69) is 37.4 Å². The minimum atomic E-state index is -4.51. The van der Waals surface area contributed by atoms with Crippen LogP contribution >= 0.6 is 22.9 Å². The van der Waals surface area contributed by atoms with E-state index in [1.165, 1.54) is 42.1 Å². The number of nitrogens with one attached hydrogen (secondary N) is 1. The Kier molecular flexibility index (Phi) is 15.7. The van der Waals surface area contributed by atoms with Crippen molar-refractivity contribution in [2.45, 2.75) is 84.3 Å². The predicted molar refractivity (Wildman–Crippen MR) is 272 cm³/mol. The molecule has 7 aromatic rings. The smallest absolute Gasteiger partial charge is 0.491 e. The van der Waals surface area contributed by atoms with Crippen LogP contribution in [0.3, 0.4) is 0 Å². The van der Waals surface area contributed by atoms with Crippen LogP contribution in [0.15, 0.2) is 95.8 Å². The lowest BCUT2D eigenvalue weighted by molar-refractivity contribution is -0.143. The van der Waals surface area contributed by atoms with Gasteiger partial charge in [-0.1, -0.05) is 60.1 Å². The minimum absolute atomic E-state index is 0.00421. The number of benzene rings is 3. The third-order valence-electron chi connectivity index (χ3n) is 13.5. The van der Waals surface area contributed by atoms with E-state index < -0.39 is 49.1 Å². The van der Waals surface area contributed by atoms with Gasteiger partial charge in [0.15, 0.2) is 6.10 Å². The number of piperazine rings is 1. The Bertz CT molecular complexity index is 3070. The number of hydroxylamine groups is 1. The van der Waals surface area contributed by atoms with E-state index in [1.807, 2.05) is 65.0 Å². The van der Waals surface area contributed by atoms with Crippen molar-refractivity contribution >= 4 is 51.6 Å². The number of rotatable bonds is 19. The molecule has 2 fully saturated rings. The lowest BCUT2D eigenvalue weighted by atomic mass is 9.79. The maximum atomic E-state index is 14.6. The van der Waals surface area contributed by atoms with Gasteiger partial charge in [-0.3, -0.25) is 19.2 Å². The summed E-state index contributed by atoms with van der Waals surface area (Å²) in [5.41, 5.74) is 5.49. The molecule has 390 valence electrons. The van der Waals surface area contributed by atoms with Crippen molar-refractivity contribution in [2.24, 2.45) is 0 Å². The number of halogens is 5. The molecule has 2 aliphatic rings. The van der Waals surface area contributed by atoms with Gasteiger partial charge in [-0.2, -0.15) is 22.7 Å². The summed E-state index contributed by atoms with van der Waals surface area (Å²) in [5, 5.41) is 4.58. The maximum Gasteiger partial charge on any atom is 0.494 e. The fourth-order valence-corrected chi connectivity index (χ4v) is 9.88. The number of carbonyl (C=O) groups excluding carboxylic acids is 1. The van der Waals surface area contributed by atoms with E-state index in [4.69, 9.17) is 44.4 Å². The van der Waals surface area contributed by atoms with Gasteiger partial charge in [-0.25, -0.2) is 15.4 Å². The first kappa shape index (κ1) is 52.8. The SMILES string of the molecule is Cc1c(-c2c(-c3ccc(F)o3)sc3ncnc(OC(Cc4ccccc4OCc4ccnn4CC(F)(F)F)C(=O)NOCc4ccc(B5OC(C)(C)C(C)(C)O5)cc4)c23)ccc(OCCN2CCN(C)CC2)c1Cl. The lowest BCUT2D eigenvalue weighted by Gasteiger charge is -2.32. The Morgan fingerprint density at radius 1 is 0.919 bits per heavy atom. The maximum absolute atomic E-state index is 14.6. The highest BCUT2D eigenvalue weighted by atomic mass is 35.5. The van der Waals surface area contributed by atoms with Crippen molar-refractivity contribution < 1.29 is 55.1 Å². The second-order valence-electron chi connectivity index (χ2n) is 19.2. The van der Waals surface area contributed by atoms with Crippen molar-refractivity contribution in [3.05, 3.63) is 125 Å². The van der Waals surface area contributed by atoms with Gasteiger partial charge in [-0.05, 0) is 93.6 Å². The van der Waals surface area contributed by atoms with Gasteiger partial charge in [0.05, 0.1) is 38.8 Å². The molecule has 4 aromatic heterocycles. The first-order chi connectivity index (χ1) is 35.3. The molecule has 0 aliphatic carbocycles. The number of ether oxygens (including phenoxy) is 3. The summed E-state index contributed by atoms with van der Waals surface area (Å²) in [4.78, 5) is 35.0. The molecule has 1 atom stereocenters. The molecule has 0 radical (unpaired) electrons. The van der Waals surface area contributed by atoms with Crippen LogP contribution in [0.5, 0.6) is 17.4 Å². The fourth-order valence-electron chi connectivity index (χ4n) is 8.55. The zero-order chi connectivity index (χ0) is 52.4. The first-order valence-electron chi connectivity index (χ1n) is 24.0. The molecular formula is C52H55BClF4N7O8S. The molecule has 9 rings (SSSR count). The van der Waals surface area contributed by atoms with Gasteiger partial charge in [0.1, 0.15) is 48.2 Å². The van der Waals surface area contributed by atoms with Crippen LogP contribution in [0.4, 0.5) is 17.6 Å². The highest BCUT2D eigenvalue weighted by molar-refractivity contribution is 7.22. The van der Waals surface area contributed by atoms with Gasteiger partial charge in [0.2, 0.25) is 5.88 Å². The fraction of sp³-hybridized carbons (Fsp3) is 0.385. The van der Waals surface area contributed by atoms with E-state index in [0.29, 0.717) is 54.7 Å². The number of aromatic nitrogens is 4. The molecule has 0 saturated carbocycles. The summed E-state index contributed by atoms with van der Waals surface area (Å²) in [6.45, 7) is 13.2. The standard InChI is InChI=1S/C52H55BClF4N7O8S/c1-32-37(15-16-39(45(32)54)67-26-25-64-23-21-63(6)22-24-64)43-44-48(59-31-60-49(44)74-46(43)40-17-18-42(55)70-40)71-41(27-34-9-7-8-10-38(34)68-29-36-19-20-61-65(36)30-52(56,57)58)47(66)62-69-28-33-11-13-35(14-12-33)53-72-50(2,3)51(4,5)73-53/h7-20,31,41H,21-30H2,1-6H3,(H,62,66). The van der Waals surface area contributed by atoms with Gasteiger partial charge >= 0.3 is 13.3 Å². The quantitative estimate of drug-likeness (QED) is 0.0467. The number of hydrogen-bond donors (Lipinski definition) is 1. The van der Waals surface area contributed by atoms with Gasteiger partial charge < -0.3 is 32.8 Å². The summed E-state index contributed by atoms with van der Waals surface area (Å²) in [6.07, 6.45) is -3.46. The molecule has 1 unspecified atom stereocenters. The molecule has 2 saturated heterocycles. The Morgan fingerprint density at radius 3 is 2.38 bits per heavy atom. The van der Waals surface area contributed by atoms with E-state index in [0.717, 1.165) is 48.4 Å². The molecule has 1 amide bonds. The second-order valence-corrected chi connectivity index (χ2v) is 20.6. The number of fused-ring (bicyclic) bond motifs is 1. The number of carbonyl (C=O) groups is 1. The highest BCUT2D eigenvalue weighted by Crippen LogP contribution is 2.50. The molecule has 74 heavy (non-hydrogen) atoms. The largest absolute Gasteiger partial charge is 0.494 e. The second kappa shape index (κ2) is 22.0. The van der Waals surface area contributed by atoms with E-state index in [9.17, 15) is 22.4 Å². The molecule has 22 heteroatoms. The molecule has 15 nitrogen and oxygen atoms in total. The van der Waals surface area contributed by atoms with Gasteiger partial charge in [0.25, 0.3) is 11.9 Å². The van der Waals surface area contributed by atoms with Crippen LogP contribution in [0.25, 0.3) is 32.0 Å². The topological polar surface area (TPSA) is 148 Å². The predicted octanol–water partition coefficient (Wildman–Crippen LogP) is 9.22. The Balaban J connectivity index is 1.02. The monoisotopic (exact) mass is 1060 g/mol. The zero-order valence-corrected chi connectivity index (χ0v) is 43.2. The molecule has 6 heterocycles. The number of para-hydroxylation sites is 1. The van der Waals surface area contributed by atoms with E-state index >= 15 is 0 Å². The van der Waals surface area contributed by atoms with Crippen LogP contribution in [0.1, 0.15) is 50.1 Å². The highest BCUT2D eigenvalue weighted by Gasteiger charge is 2.51. The summed E-state index contributed by atoms with van der Waals surface area (Å²) in [5.74, 6) is 0.271. The molecule has 3 aromatic carbocycles. The third kappa shape index (κ3) is 12.0. The minimum Gasteiger partial charge on any atom is -0.491 e. The molecule has 1 N–H and O–H groups in total. The normalized spacial score (nSPS) is 16.4. The molecule has 2 aliphatic heterocycles. The third-order valence-corrected chi connectivity index (χ3v) is 15.1. The number of thiophene rings is 1. The molecule has 0 bridgehead atoms. The Hall–Kier alpha value is -6.07. The van der Waals surface area contributed by atoms with Crippen LogP contribution in [-0.2, 0) is 45.1 Å². The summed E-state index contributed by atoms with van der Waals surface area (Å²) < 4.78 is 92.6. The Morgan fingerprint density at radius 2 is 1.66 bits per heavy atom. The lowest BCUT2D eigenvalue weighted by Crippen LogP contribution is -2.45. The number of amides is 1. The number of alkyl halides is 3. The van der Waals surface area contributed by atoms with Crippen molar-refractivity contribution in [3.8, 4) is 39.1 Å².